The molecule has 0 radical (unpaired) electrons. The van der Waals surface area contributed by atoms with Crippen LogP contribution in [-0.2, 0) is 0 Å². The number of benzene rings is 1. The smallest absolute Gasteiger partial charge is 0.0136 e. The van der Waals surface area contributed by atoms with Crippen molar-refractivity contribution in [1.82, 2.24) is 0 Å². The molecule has 2 rings (SSSR count). The molecule has 1 aromatic carbocycles. The lowest BCUT2D eigenvalue weighted by Crippen LogP contribution is -2.00. The third-order valence-electron chi connectivity index (χ3n) is 3.09. The third-order valence-corrected chi connectivity index (χ3v) is 3.09. The summed E-state index contributed by atoms with van der Waals surface area (Å²) in [5.41, 5.74) is 1.54. The van der Waals surface area contributed by atoms with E-state index in [-0.39, 0.29) is 0 Å². The zero-order valence-electron chi connectivity index (χ0n) is 9.66. The van der Waals surface area contributed by atoms with E-state index in [0.717, 1.165) is 11.8 Å². The van der Waals surface area contributed by atoms with Gasteiger partial charge in [0.2, 0.25) is 0 Å². The second kappa shape index (κ2) is 5.85. The van der Waals surface area contributed by atoms with Crippen molar-refractivity contribution in [2.75, 3.05) is 0 Å². The van der Waals surface area contributed by atoms with Gasteiger partial charge in [0.1, 0.15) is 0 Å². The molecule has 0 N–H and O–H groups in total. The SMILES string of the molecule is CC.C[C@@H]1CCCC1c1ccccc1. The van der Waals surface area contributed by atoms with Crippen molar-refractivity contribution < 1.29 is 0 Å². The van der Waals surface area contributed by atoms with Crippen molar-refractivity contribution >= 4 is 0 Å². The molecule has 0 saturated heterocycles. The molecular formula is C14H22. The van der Waals surface area contributed by atoms with Crippen molar-refractivity contribution in [2.45, 2.75) is 46.0 Å². The average molecular weight is 190 g/mol. The summed E-state index contributed by atoms with van der Waals surface area (Å²) in [6.45, 7) is 6.38. The van der Waals surface area contributed by atoms with Gasteiger partial charge in [-0.2, -0.15) is 0 Å². The molecule has 1 aliphatic rings. The highest BCUT2D eigenvalue weighted by atomic mass is 14.3. The van der Waals surface area contributed by atoms with E-state index < -0.39 is 0 Å². The third kappa shape index (κ3) is 2.60. The second-order valence-electron chi connectivity index (χ2n) is 3.93. The Morgan fingerprint density at radius 2 is 1.64 bits per heavy atom. The standard InChI is InChI=1S/C12H16.C2H6/c1-10-6-5-9-12(10)11-7-3-2-4-8-11;1-2/h2-4,7-8,10,12H,5-6,9H2,1H3;1-2H3/t10-,12?;/m1./s1. The van der Waals surface area contributed by atoms with Gasteiger partial charge in [-0.05, 0) is 23.8 Å². The van der Waals surface area contributed by atoms with E-state index in [1.54, 1.807) is 5.56 Å². The molecule has 0 spiro atoms. The van der Waals surface area contributed by atoms with Gasteiger partial charge in [0.15, 0.2) is 0 Å². The van der Waals surface area contributed by atoms with E-state index in [1.165, 1.54) is 19.3 Å². The number of hydrogen-bond donors (Lipinski definition) is 0. The normalized spacial score (nSPS) is 25.4. The molecule has 0 heterocycles. The topological polar surface area (TPSA) is 0 Å². The van der Waals surface area contributed by atoms with Gasteiger partial charge < -0.3 is 0 Å². The molecule has 0 bridgehead atoms. The van der Waals surface area contributed by atoms with E-state index >= 15 is 0 Å². The fourth-order valence-electron chi connectivity index (χ4n) is 2.34. The molecule has 0 heteroatoms. The summed E-state index contributed by atoms with van der Waals surface area (Å²) in [5.74, 6) is 1.73. The Kier molecular flexibility index (Phi) is 4.72. The van der Waals surface area contributed by atoms with Crippen LogP contribution in [0.4, 0.5) is 0 Å². The molecule has 1 fully saturated rings. The quantitative estimate of drug-likeness (QED) is 0.606. The van der Waals surface area contributed by atoms with Crippen molar-refractivity contribution in [3.8, 4) is 0 Å². The van der Waals surface area contributed by atoms with Crippen molar-refractivity contribution in [3.63, 3.8) is 0 Å². The highest BCUT2D eigenvalue weighted by molar-refractivity contribution is 5.20. The summed E-state index contributed by atoms with van der Waals surface area (Å²) in [4.78, 5) is 0. The van der Waals surface area contributed by atoms with Gasteiger partial charge in [0.25, 0.3) is 0 Å². The minimum absolute atomic E-state index is 0.839. The Labute approximate surface area is 88.4 Å². The van der Waals surface area contributed by atoms with Crippen LogP contribution >= 0.6 is 0 Å². The van der Waals surface area contributed by atoms with Crippen molar-refractivity contribution in [3.05, 3.63) is 35.9 Å². The van der Waals surface area contributed by atoms with Crippen molar-refractivity contribution in [1.29, 1.82) is 0 Å². The minimum atomic E-state index is 0.839. The molecule has 1 aliphatic carbocycles. The number of rotatable bonds is 1. The molecule has 0 aromatic heterocycles. The molecule has 1 aromatic rings. The first-order valence-corrected chi connectivity index (χ1v) is 5.93. The molecule has 14 heavy (non-hydrogen) atoms. The summed E-state index contributed by atoms with van der Waals surface area (Å²) in [5, 5.41) is 0. The number of hydrogen-bond acceptors (Lipinski definition) is 0. The highest BCUT2D eigenvalue weighted by Crippen LogP contribution is 2.38. The molecule has 2 atom stereocenters. The highest BCUT2D eigenvalue weighted by Gasteiger charge is 2.24. The van der Waals surface area contributed by atoms with Crippen LogP contribution in [0.3, 0.4) is 0 Å². The van der Waals surface area contributed by atoms with E-state index in [0.29, 0.717) is 0 Å². The average Bonchev–Trinajstić information content (AvgIpc) is 2.69. The van der Waals surface area contributed by atoms with Gasteiger partial charge in [-0.25, -0.2) is 0 Å². The van der Waals surface area contributed by atoms with Crippen LogP contribution in [0.1, 0.15) is 51.5 Å². The molecule has 1 saturated carbocycles. The molecule has 0 aliphatic heterocycles. The van der Waals surface area contributed by atoms with Gasteiger partial charge in [-0.15, -0.1) is 0 Å². The monoisotopic (exact) mass is 190 g/mol. The van der Waals surface area contributed by atoms with Gasteiger partial charge in [0, 0.05) is 0 Å². The molecule has 0 amide bonds. The largest absolute Gasteiger partial charge is 0.0683 e. The molecule has 1 unspecified atom stereocenters. The van der Waals surface area contributed by atoms with Gasteiger partial charge >= 0.3 is 0 Å². The summed E-state index contributed by atoms with van der Waals surface area (Å²) >= 11 is 0. The first kappa shape index (κ1) is 11.3. The summed E-state index contributed by atoms with van der Waals surface area (Å²) in [7, 11) is 0. The van der Waals surface area contributed by atoms with Crippen molar-refractivity contribution in [2.24, 2.45) is 5.92 Å². The maximum atomic E-state index is 2.38. The van der Waals surface area contributed by atoms with Gasteiger partial charge in [0.05, 0.1) is 0 Å². The predicted molar refractivity (Wildman–Crippen MR) is 63.5 cm³/mol. The Morgan fingerprint density at radius 3 is 2.14 bits per heavy atom. The Balaban J connectivity index is 0.000000461. The fraction of sp³-hybridized carbons (Fsp3) is 0.571. The second-order valence-corrected chi connectivity index (χ2v) is 3.93. The summed E-state index contributed by atoms with van der Waals surface area (Å²) in [6.07, 6.45) is 4.23. The summed E-state index contributed by atoms with van der Waals surface area (Å²) < 4.78 is 0. The van der Waals surface area contributed by atoms with Crippen LogP contribution in [0.25, 0.3) is 0 Å². The van der Waals surface area contributed by atoms with Crippen LogP contribution in [0, 0.1) is 5.92 Å². The van der Waals surface area contributed by atoms with E-state index in [1.807, 2.05) is 13.8 Å². The van der Waals surface area contributed by atoms with Gasteiger partial charge in [-0.3, -0.25) is 0 Å². The first-order chi connectivity index (χ1) is 6.88. The maximum Gasteiger partial charge on any atom is -0.0136 e. The van der Waals surface area contributed by atoms with Crippen LogP contribution in [0.15, 0.2) is 30.3 Å². The first-order valence-electron chi connectivity index (χ1n) is 5.93. The predicted octanol–water partition coefficient (Wildman–Crippen LogP) is 4.62. The molecule has 78 valence electrons. The Bertz CT molecular complexity index is 237. The maximum absolute atomic E-state index is 2.38. The van der Waals surface area contributed by atoms with Gasteiger partial charge in [-0.1, -0.05) is 63.9 Å². The lowest BCUT2D eigenvalue weighted by atomic mass is 9.90. The molecule has 0 nitrogen and oxygen atoms in total. The van der Waals surface area contributed by atoms with Crippen LogP contribution in [0.5, 0.6) is 0 Å². The van der Waals surface area contributed by atoms with E-state index in [2.05, 4.69) is 37.3 Å². The Morgan fingerprint density at radius 1 is 1.00 bits per heavy atom. The lowest BCUT2D eigenvalue weighted by Gasteiger charge is -2.14. The molecular weight excluding hydrogens is 168 g/mol. The Hall–Kier alpha value is -0.780. The van der Waals surface area contributed by atoms with E-state index in [4.69, 9.17) is 0 Å². The fourth-order valence-corrected chi connectivity index (χ4v) is 2.34. The zero-order chi connectivity index (χ0) is 10.4. The summed E-state index contributed by atoms with van der Waals surface area (Å²) in [6, 6.07) is 10.9. The zero-order valence-corrected chi connectivity index (χ0v) is 9.66. The van der Waals surface area contributed by atoms with Crippen LogP contribution in [0.2, 0.25) is 0 Å². The van der Waals surface area contributed by atoms with E-state index in [9.17, 15) is 0 Å². The lowest BCUT2D eigenvalue weighted by molar-refractivity contribution is 0.533. The minimum Gasteiger partial charge on any atom is -0.0683 e. The van der Waals surface area contributed by atoms with Crippen LogP contribution in [-0.4, -0.2) is 0 Å². The van der Waals surface area contributed by atoms with Crippen LogP contribution < -0.4 is 0 Å².